The van der Waals surface area contributed by atoms with Crippen LogP contribution in [0.15, 0.2) is 88.6 Å². The number of aromatic nitrogens is 1. The number of fused-ring (bicyclic) bond motifs is 1. The van der Waals surface area contributed by atoms with Gasteiger partial charge in [-0.2, -0.15) is 0 Å². The van der Waals surface area contributed by atoms with Crippen molar-refractivity contribution in [3.63, 3.8) is 0 Å². The Kier molecular flexibility index (Phi) is 4.65. The molecule has 2 N–H and O–H groups in total. The van der Waals surface area contributed by atoms with Gasteiger partial charge in [-0.1, -0.05) is 84.1 Å². The predicted molar refractivity (Wildman–Crippen MR) is 122 cm³/mol. The molecule has 1 aliphatic heterocycles. The molecule has 0 saturated carbocycles. The predicted octanol–water partition coefficient (Wildman–Crippen LogP) is 3.67. The van der Waals surface area contributed by atoms with E-state index in [0.29, 0.717) is 4.88 Å². The van der Waals surface area contributed by atoms with Crippen molar-refractivity contribution < 1.29 is 5.11 Å². The summed E-state index contributed by atoms with van der Waals surface area (Å²) in [4.78, 5) is 19.4. The summed E-state index contributed by atoms with van der Waals surface area (Å²) in [6.07, 6.45) is 3.76. The van der Waals surface area contributed by atoms with Crippen LogP contribution in [-0.4, -0.2) is 16.3 Å². The Bertz CT molecular complexity index is 1380. The lowest BCUT2D eigenvalue weighted by molar-refractivity contribution is 0.454. The van der Waals surface area contributed by atoms with E-state index in [1.807, 2.05) is 60.7 Å². The zero-order chi connectivity index (χ0) is 20.5. The average molecular weight is 410 g/mol. The van der Waals surface area contributed by atoms with E-state index in [0.717, 1.165) is 44.2 Å². The molecule has 1 aromatic heterocycles. The standard InChI is InChI=1S/C25H18N2O2S/c28-24-23(30-25(29)27-24)22(19-12-7-13-20-18(19)14-15-26-20)21(16-8-3-1-4-9-16)17-10-5-2-6-11-17/h1-15,21,28H,(H,27,29). The van der Waals surface area contributed by atoms with Crippen LogP contribution in [0, 0.1) is 0 Å². The van der Waals surface area contributed by atoms with Gasteiger partial charge in [0.2, 0.25) is 5.88 Å². The summed E-state index contributed by atoms with van der Waals surface area (Å²) >= 11 is 1.03. The Labute approximate surface area is 176 Å². The van der Waals surface area contributed by atoms with E-state index in [-0.39, 0.29) is 16.7 Å². The van der Waals surface area contributed by atoms with Gasteiger partial charge in [0.1, 0.15) is 0 Å². The highest BCUT2D eigenvalue weighted by Crippen LogP contribution is 2.39. The second-order valence-electron chi connectivity index (χ2n) is 7.04. The van der Waals surface area contributed by atoms with Crippen molar-refractivity contribution in [3.05, 3.63) is 115 Å². The number of nitrogens with one attached hydrogen (secondary N) is 1. The second kappa shape index (κ2) is 7.61. The Balaban J connectivity index is 1.94. The van der Waals surface area contributed by atoms with Crippen LogP contribution < -0.4 is 15.3 Å². The van der Waals surface area contributed by atoms with E-state index >= 15 is 0 Å². The number of H-pyrrole nitrogens is 1. The summed E-state index contributed by atoms with van der Waals surface area (Å²) in [5.74, 6) is -0.279. The molecule has 5 rings (SSSR count). The number of benzene rings is 3. The minimum atomic E-state index is -0.285. The lowest BCUT2D eigenvalue weighted by Crippen LogP contribution is -2.28. The molecule has 0 aliphatic carbocycles. The third-order valence-electron chi connectivity index (χ3n) is 5.26. The number of aromatic hydroxyl groups is 1. The first-order valence-electron chi connectivity index (χ1n) is 9.62. The van der Waals surface area contributed by atoms with Gasteiger partial charge in [-0.3, -0.25) is 14.8 Å². The average Bonchev–Trinajstić information content (AvgIpc) is 3.39. The summed E-state index contributed by atoms with van der Waals surface area (Å²) in [6.45, 7) is 0. The fourth-order valence-electron chi connectivity index (χ4n) is 4.00. The van der Waals surface area contributed by atoms with Crippen LogP contribution in [0.5, 0.6) is 5.88 Å². The van der Waals surface area contributed by atoms with Gasteiger partial charge in [0.25, 0.3) is 0 Å². The minimum Gasteiger partial charge on any atom is -0.493 e. The summed E-state index contributed by atoms with van der Waals surface area (Å²) in [7, 11) is 0. The van der Waals surface area contributed by atoms with Crippen molar-refractivity contribution in [2.75, 3.05) is 0 Å². The Morgan fingerprint density at radius 1 is 0.900 bits per heavy atom. The van der Waals surface area contributed by atoms with Crippen molar-refractivity contribution in [1.82, 2.24) is 4.98 Å². The summed E-state index contributed by atoms with van der Waals surface area (Å²) in [5.41, 5.74) is 3.92. The van der Waals surface area contributed by atoms with Crippen molar-refractivity contribution in [2.24, 2.45) is 4.99 Å². The zero-order valence-corrected chi connectivity index (χ0v) is 16.8. The first-order valence-corrected chi connectivity index (χ1v) is 10.4. The van der Waals surface area contributed by atoms with Crippen LogP contribution in [0.3, 0.4) is 0 Å². The van der Waals surface area contributed by atoms with Crippen LogP contribution in [-0.2, 0) is 0 Å². The van der Waals surface area contributed by atoms with E-state index in [1.165, 1.54) is 0 Å². The molecule has 0 bridgehead atoms. The molecule has 0 saturated heterocycles. The van der Waals surface area contributed by atoms with Crippen molar-refractivity contribution >= 4 is 34.9 Å². The van der Waals surface area contributed by atoms with Gasteiger partial charge in [-0.15, -0.1) is 0 Å². The molecule has 30 heavy (non-hydrogen) atoms. The van der Waals surface area contributed by atoms with Crippen LogP contribution in [0.25, 0.3) is 11.6 Å². The first kappa shape index (κ1) is 18.3. The highest BCUT2D eigenvalue weighted by molar-refractivity contribution is 7.10. The zero-order valence-electron chi connectivity index (χ0n) is 15.9. The third-order valence-corrected chi connectivity index (χ3v) is 6.16. The summed E-state index contributed by atoms with van der Waals surface area (Å²) in [6, 6.07) is 26.3. The maximum Gasteiger partial charge on any atom is 0.307 e. The highest BCUT2D eigenvalue weighted by atomic mass is 32.1. The Hall–Kier alpha value is -3.70. The molecule has 5 heteroatoms. The highest BCUT2D eigenvalue weighted by Gasteiger charge is 2.26. The molecule has 0 radical (unpaired) electrons. The fourth-order valence-corrected chi connectivity index (χ4v) is 4.81. The van der Waals surface area contributed by atoms with Gasteiger partial charge in [-0.25, -0.2) is 0 Å². The number of nitrogens with zero attached hydrogens (tertiary/aromatic N) is 1. The monoisotopic (exact) mass is 410 g/mol. The number of rotatable bonds is 4. The molecule has 1 aliphatic rings. The van der Waals surface area contributed by atoms with E-state index in [4.69, 9.17) is 0 Å². The van der Waals surface area contributed by atoms with Crippen LogP contribution in [0.2, 0.25) is 0 Å². The van der Waals surface area contributed by atoms with Crippen molar-refractivity contribution in [2.45, 2.75) is 5.92 Å². The van der Waals surface area contributed by atoms with Crippen molar-refractivity contribution in [3.8, 4) is 5.88 Å². The molecule has 2 heterocycles. The van der Waals surface area contributed by atoms with Gasteiger partial charge in [-0.05, 0) is 34.1 Å². The lowest BCUT2D eigenvalue weighted by atomic mass is 9.82. The molecule has 0 amide bonds. The summed E-state index contributed by atoms with van der Waals surface area (Å²) < 4.78 is 0. The fraction of sp³-hybridized carbons (Fsp3) is 0.0400. The molecule has 0 unspecified atom stereocenters. The van der Waals surface area contributed by atoms with E-state index in [1.54, 1.807) is 6.21 Å². The van der Waals surface area contributed by atoms with Gasteiger partial charge >= 0.3 is 4.87 Å². The van der Waals surface area contributed by atoms with Crippen LogP contribution >= 0.6 is 11.3 Å². The second-order valence-corrected chi connectivity index (χ2v) is 8.03. The molecule has 146 valence electrons. The molecule has 0 atom stereocenters. The largest absolute Gasteiger partial charge is 0.493 e. The normalized spacial score (nSPS) is 13.2. The lowest BCUT2D eigenvalue weighted by Gasteiger charge is -2.22. The number of aromatic amines is 1. The quantitative estimate of drug-likeness (QED) is 0.539. The van der Waals surface area contributed by atoms with Gasteiger partial charge in [0, 0.05) is 17.4 Å². The smallest absolute Gasteiger partial charge is 0.307 e. The molecule has 3 aromatic carbocycles. The number of thiazole rings is 1. The molecule has 0 spiro atoms. The Morgan fingerprint density at radius 2 is 1.57 bits per heavy atom. The number of hydrogen-bond acceptors (Lipinski definition) is 4. The van der Waals surface area contributed by atoms with Crippen molar-refractivity contribution in [1.29, 1.82) is 0 Å². The van der Waals surface area contributed by atoms with E-state index in [9.17, 15) is 9.90 Å². The van der Waals surface area contributed by atoms with E-state index < -0.39 is 0 Å². The SMILES string of the molecule is O=c1[nH]c(O)c(C(=c2cccc3c2=CC=N3)C(c2ccccc2)c2ccccc2)s1. The van der Waals surface area contributed by atoms with Gasteiger partial charge in [0.05, 0.1) is 10.6 Å². The molecule has 0 fully saturated rings. The first-order chi connectivity index (χ1) is 14.7. The topological polar surface area (TPSA) is 65.5 Å². The van der Waals surface area contributed by atoms with Crippen LogP contribution in [0.4, 0.5) is 5.69 Å². The molecular formula is C25H18N2O2S. The maximum atomic E-state index is 12.1. The third kappa shape index (κ3) is 3.19. The molecular weight excluding hydrogens is 392 g/mol. The molecule has 4 aromatic rings. The van der Waals surface area contributed by atoms with Crippen LogP contribution in [0.1, 0.15) is 21.9 Å². The van der Waals surface area contributed by atoms with E-state index in [2.05, 4.69) is 34.2 Å². The van der Waals surface area contributed by atoms with Gasteiger partial charge in [0.15, 0.2) is 0 Å². The minimum absolute atomic E-state index is 0.103. The Morgan fingerprint density at radius 3 is 2.17 bits per heavy atom. The maximum absolute atomic E-state index is 12.1. The van der Waals surface area contributed by atoms with Gasteiger partial charge < -0.3 is 5.11 Å². The number of aliphatic imine (C=N–C) groups is 1. The number of hydrogen-bond donors (Lipinski definition) is 2. The molecule has 4 nitrogen and oxygen atoms in total. The summed E-state index contributed by atoms with van der Waals surface area (Å²) in [5, 5.41) is 12.6.